The third-order valence-electron chi connectivity index (χ3n) is 4.15. The maximum absolute atomic E-state index is 13.0. The highest BCUT2D eigenvalue weighted by atomic mass is 35.5. The van der Waals surface area contributed by atoms with Crippen molar-refractivity contribution in [2.24, 2.45) is 4.99 Å². The predicted molar refractivity (Wildman–Crippen MR) is 99.5 cm³/mol. The highest BCUT2D eigenvalue weighted by molar-refractivity contribution is 6.31. The number of hydrogen-bond acceptors (Lipinski definition) is 5. The van der Waals surface area contributed by atoms with Crippen molar-refractivity contribution in [1.82, 2.24) is 19.7 Å². The van der Waals surface area contributed by atoms with Gasteiger partial charge in [-0.1, -0.05) is 11.6 Å². The van der Waals surface area contributed by atoms with Crippen LogP contribution in [0.15, 0.2) is 28.0 Å². The largest absolute Gasteiger partial charge is 0.352 e. The lowest BCUT2D eigenvalue weighted by molar-refractivity contribution is -0.123. The maximum atomic E-state index is 13.0. The van der Waals surface area contributed by atoms with Gasteiger partial charge in [-0.05, 0) is 39.0 Å². The van der Waals surface area contributed by atoms with Crippen molar-refractivity contribution in [3.63, 3.8) is 0 Å². The van der Waals surface area contributed by atoms with Crippen LogP contribution in [0.5, 0.6) is 0 Å². The second kappa shape index (κ2) is 5.70. The normalized spacial score (nSPS) is 15.2. The summed E-state index contributed by atoms with van der Waals surface area (Å²) in [5.41, 5.74) is 0.713. The van der Waals surface area contributed by atoms with Crippen LogP contribution in [0, 0.1) is 0 Å². The molecule has 0 saturated carbocycles. The average Bonchev–Trinajstić information content (AvgIpc) is 3.11. The van der Waals surface area contributed by atoms with Crippen molar-refractivity contribution in [3.05, 3.63) is 39.3 Å². The van der Waals surface area contributed by atoms with E-state index in [0.717, 1.165) is 11.4 Å². The zero-order valence-corrected chi connectivity index (χ0v) is 15.5. The van der Waals surface area contributed by atoms with E-state index in [4.69, 9.17) is 11.6 Å². The molecule has 0 bridgehead atoms. The van der Waals surface area contributed by atoms with Crippen LogP contribution >= 0.6 is 11.6 Å². The molecule has 4 rings (SSSR count). The second-order valence-electron chi connectivity index (χ2n) is 7.39. The minimum Gasteiger partial charge on any atom is -0.350 e. The van der Waals surface area contributed by atoms with Gasteiger partial charge in [0, 0.05) is 22.7 Å². The zero-order valence-electron chi connectivity index (χ0n) is 14.8. The number of benzene rings is 1. The highest BCUT2D eigenvalue weighted by Crippen LogP contribution is 2.31. The molecule has 26 heavy (non-hydrogen) atoms. The molecule has 1 amide bonds. The third kappa shape index (κ3) is 2.70. The van der Waals surface area contributed by atoms with E-state index in [1.807, 2.05) is 31.7 Å². The Labute approximate surface area is 155 Å². The van der Waals surface area contributed by atoms with Crippen molar-refractivity contribution in [2.45, 2.75) is 32.9 Å². The number of halogens is 1. The molecule has 1 aromatic heterocycles. The van der Waals surface area contributed by atoms with Gasteiger partial charge in [0.25, 0.3) is 0 Å². The number of carbonyl (C=O) groups is 1. The summed E-state index contributed by atoms with van der Waals surface area (Å²) in [5, 5.41) is 7.76. The lowest BCUT2D eigenvalue weighted by Crippen LogP contribution is -2.43. The SMILES string of the molecule is CC(C)(C)NC(=O)Cn1nc2n(c1=O)-c1cc(Cl)ccc1C1=NCCN12. The molecule has 3 heterocycles. The molecule has 0 atom stereocenters. The Morgan fingerprint density at radius 1 is 1.35 bits per heavy atom. The number of fused-ring (bicyclic) bond motifs is 6. The number of nitrogens with zero attached hydrogens (tertiary/aromatic N) is 5. The number of hydrogen-bond donors (Lipinski definition) is 1. The Bertz CT molecular complexity index is 998. The smallest absolute Gasteiger partial charge is 0.350 e. The predicted octanol–water partition coefficient (Wildman–Crippen LogP) is 1.18. The van der Waals surface area contributed by atoms with Crippen molar-refractivity contribution in [3.8, 4) is 5.69 Å². The van der Waals surface area contributed by atoms with Crippen LogP contribution in [0.4, 0.5) is 5.95 Å². The summed E-state index contributed by atoms with van der Waals surface area (Å²) in [6.07, 6.45) is 0. The first-order chi connectivity index (χ1) is 12.2. The van der Waals surface area contributed by atoms with Gasteiger partial charge in [-0.2, -0.15) is 0 Å². The number of amides is 1. The molecule has 1 aromatic carbocycles. The Hall–Kier alpha value is -2.61. The number of anilines is 1. The fourth-order valence-electron chi connectivity index (χ4n) is 3.23. The van der Waals surface area contributed by atoms with Crippen molar-refractivity contribution in [1.29, 1.82) is 0 Å². The monoisotopic (exact) mass is 374 g/mol. The summed E-state index contributed by atoms with van der Waals surface area (Å²) in [4.78, 5) is 31.6. The van der Waals surface area contributed by atoms with Crippen LogP contribution < -0.4 is 15.9 Å². The first-order valence-corrected chi connectivity index (χ1v) is 8.75. The molecular weight excluding hydrogens is 356 g/mol. The van der Waals surface area contributed by atoms with E-state index in [-0.39, 0.29) is 23.7 Å². The molecule has 136 valence electrons. The number of carbonyl (C=O) groups excluding carboxylic acids is 1. The van der Waals surface area contributed by atoms with Gasteiger partial charge < -0.3 is 5.32 Å². The number of rotatable bonds is 2. The van der Waals surface area contributed by atoms with Gasteiger partial charge in [-0.3, -0.25) is 14.7 Å². The molecule has 2 aliphatic heterocycles. The topological polar surface area (TPSA) is 84.5 Å². The molecule has 2 aliphatic rings. The van der Waals surface area contributed by atoms with E-state index in [1.54, 1.807) is 12.1 Å². The van der Waals surface area contributed by atoms with Crippen molar-refractivity contribution < 1.29 is 4.79 Å². The molecule has 8 nitrogen and oxygen atoms in total. The molecule has 1 N–H and O–H groups in total. The fourth-order valence-corrected chi connectivity index (χ4v) is 3.40. The molecule has 0 fully saturated rings. The van der Waals surface area contributed by atoms with Gasteiger partial charge in [0.15, 0.2) is 0 Å². The Morgan fingerprint density at radius 3 is 2.85 bits per heavy atom. The van der Waals surface area contributed by atoms with Crippen LogP contribution in [-0.4, -0.2) is 44.7 Å². The fraction of sp³-hybridized carbons (Fsp3) is 0.412. The summed E-state index contributed by atoms with van der Waals surface area (Å²) in [6, 6.07) is 5.35. The Balaban J connectivity index is 1.81. The van der Waals surface area contributed by atoms with Crippen LogP contribution in [0.25, 0.3) is 5.69 Å². The first-order valence-electron chi connectivity index (χ1n) is 8.38. The molecule has 0 radical (unpaired) electrons. The molecule has 2 aromatic rings. The van der Waals surface area contributed by atoms with E-state index in [1.165, 1.54) is 9.25 Å². The molecule has 0 unspecified atom stereocenters. The summed E-state index contributed by atoms with van der Waals surface area (Å²) < 4.78 is 2.68. The third-order valence-corrected chi connectivity index (χ3v) is 4.39. The summed E-state index contributed by atoms with van der Waals surface area (Å²) in [6.45, 7) is 6.78. The van der Waals surface area contributed by atoms with Gasteiger partial charge in [-0.25, -0.2) is 14.0 Å². The van der Waals surface area contributed by atoms with Gasteiger partial charge in [0.05, 0.1) is 12.2 Å². The van der Waals surface area contributed by atoms with Gasteiger partial charge in [0.1, 0.15) is 12.4 Å². The maximum Gasteiger partial charge on any atom is 0.352 e. The Morgan fingerprint density at radius 2 is 2.12 bits per heavy atom. The molecule has 9 heteroatoms. The minimum atomic E-state index is -0.380. The lowest BCUT2D eigenvalue weighted by Gasteiger charge is -2.26. The standard InChI is InChI=1S/C17H19ClN6O2/c1-17(2,3)20-13(25)9-23-16(26)24-12-8-10(18)4-5-11(12)14-19-6-7-22(14)15(24)21-23/h4-5,8H,6-7,9H2,1-3H3,(H,20,25). The van der Waals surface area contributed by atoms with Crippen molar-refractivity contribution >= 4 is 29.3 Å². The van der Waals surface area contributed by atoms with E-state index >= 15 is 0 Å². The quantitative estimate of drug-likeness (QED) is 0.855. The summed E-state index contributed by atoms with van der Waals surface area (Å²) in [7, 11) is 0. The molecule has 0 saturated heterocycles. The molecule has 0 aliphatic carbocycles. The number of aliphatic imine (C=N–C) groups is 1. The van der Waals surface area contributed by atoms with Crippen LogP contribution in [0.2, 0.25) is 5.02 Å². The van der Waals surface area contributed by atoms with Crippen molar-refractivity contribution in [2.75, 3.05) is 18.0 Å². The number of nitrogens with one attached hydrogen (secondary N) is 1. The zero-order chi connectivity index (χ0) is 18.6. The summed E-state index contributed by atoms with van der Waals surface area (Å²) >= 11 is 6.14. The second-order valence-corrected chi connectivity index (χ2v) is 7.83. The van der Waals surface area contributed by atoms with Crippen LogP contribution in [-0.2, 0) is 11.3 Å². The minimum absolute atomic E-state index is 0.147. The van der Waals surface area contributed by atoms with E-state index in [0.29, 0.717) is 29.7 Å². The Kier molecular flexibility index (Phi) is 3.69. The first kappa shape index (κ1) is 16.8. The van der Waals surface area contributed by atoms with Crippen LogP contribution in [0.1, 0.15) is 26.3 Å². The average molecular weight is 375 g/mol. The van der Waals surface area contributed by atoms with Gasteiger partial charge in [-0.15, -0.1) is 5.10 Å². The van der Waals surface area contributed by atoms with E-state index < -0.39 is 0 Å². The summed E-state index contributed by atoms with van der Waals surface area (Å²) in [5.74, 6) is 0.974. The molecular formula is C17H19ClN6O2. The molecule has 0 spiro atoms. The number of amidine groups is 1. The van der Waals surface area contributed by atoms with E-state index in [2.05, 4.69) is 15.4 Å². The van der Waals surface area contributed by atoms with E-state index in [9.17, 15) is 9.59 Å². The number of aromatic nitrogens is 3. The van der Waals surface area contributed by atoms with Gasteiger partial charge >= 0.3 is 5.69 Å². The van der Waals surface area contributed by atoms with Crippen LogP contribution in [0.3, 0.4) is 0 Å². The lowest BCUT2D eigenvalue weighted by atomic mass is 10.1. The van der Waals surface area contributed by atoms with Gasteiger partial charge in [0.2, 0.25) is 11.9 Å². The highest BCUT2D eigenvalue weighted by Gasteiger charge is 2.34.